The topological polar surface area (TPSA) is 113 Å². The molecule has 1 aliphatic carbocycles. The van der Waals surface area contributed by atoms with Crippen LogP contribution in [0.5, 0.6) is 0 Å². The Bertz CT molecular complexity index is 1050. The summed E-state index contributed by atoms with van der Waals surface area (Å²) in [5.74, 6) is -0.703. The van der Waals surface area contributed by atoms with Gasteiger partial charge in [0.25, 0.3) is 5.91 Å². The molecule has 1 aliphatic rings. The molecule has 2 aromatic carbocycles. The van der Waals surface area contributed by atoms with Crippen LogP contribution in [0.1, 0.15) is 57.7 Å². The molecule has 3 N–H and O–H groups in total. The summed E-state index contributed by atoms with van der Waals surface area (Å²) in [7, 11) is 3.58. The number of benzene rings is 2. The van der Waals surface area contributed by atoms with Crippen LogP contribution in [0.15, 0.2) is 42.5 Å². The molecule has 3 rings (SSSR count). The number of anilines is 1. The largest absolute Gasteiger partial charge is 0.369 e. The third kappa shape index (κ3) is 5.12. The van der Waals surface area contributed by atoms with Crippen LogP contribution < -0.4 is 16.0 Å². The van der Waals surface area contributed by atoms with E-state index in [4.69, 9.17) is 5.73 Å². The van der Waals surface area contributed by atoms with Gasteiger partial charge in [-0.2, -0.15) is 0 Å². The maximum Gasteiger partial charge on any atom is 0.254 e. The lowest BCUT2D eigenvalue weighted by atomic mass is 10.0. The van der Waals surface area contributed by atoms with Gasteiger partial charge in [0.1, 0.15) is 0 Å². The molecule has 3 atom stereocenters. The molecule has 0 fully saturated rings. The number of likely N-dealkylation sites (N-methyl/N-ethyl adjacent to an activating group) is 1. The van der Waals surface area contributed by atoms with E-state index in [0.717, 1.165) is 17.7 Å². The molecule has 8 heteroatoms. The number of fused-ring (bicyclic) bond motifs is 1. The zero-order valence-electron chi connectivity index (χ0n) is 19.2. The Kier molecular flexibility index (Phi) is 7.60. The van der Waals surface area contributed by atoms with Crippen molar-refractivity contribution in [2.24, 2.45) is 5.73 Å². The number of nitrogens with one attached hydrogen (secondary N) is 1. The molecule has 8 nitrogen and oxygen atoms in total. The first-order valence-corrected chi connectivity index (χ1v) is 10.9. The summed E-state index contributed by atoms with van der Waals surface area (Å²) in [4.78, 5) is 50.3. The minimum absolute atomic E-state index is 0.0451. The number of carbonyl (C=O) groups excluding carboxylic acids is 4. The van der Waals surface area contributed by atoms with Crippen molar-refractivity contribution in [1.82, 2.24) is 10.2 Å². The molecule has 0 radical (unpaired) electrons. The van der Waals surface area contributed by atoms with Crippen molar-refractivity contribution < 1.29 is 19.2 Å². The van der Waals surface area contributed by atoms with Gasteiger partial charge in [0.15, 0.2) is 6.29 Å². The smallest absolute Gasteiger partial charge is 0.254 e. The van der Waals surface area contributed by atoms with Crippen molar-refractivity contribution in [3.63, 3.8) is 0 Å². The van der Waals surface area contributed by atoms with Gasteiger partial charge in [0.05, 0.1) is 17.6 Å². The fourth-order valence-corrected chi connectivity index (χ4v) is 4.30. The van der Waals surface area contributed by atoms with E-state index in [-0.39, 0.29) is 30.5 Å². The first-order valence-electron chi connectivity index (χ1n) is 10.9. The van der Waals surface area contributed by atoms with E-state index >= 15 is 0 Å². The van der Waals surface area contributed by atoms with Crippen LogP contribution in [0.3, 0.4) is 0 Å². The van der Waals surface area contributed by atoms with Crippen LogP contribution in [0.2, 0.25) is 0 Å². The molecule has 0 heterocycles. The molecule has 0 aromatic heterocycles. The molecule has 3 amide bonds. The van der Waals surface area contributed by atoms with E-state index in [0.29, 0.717) is 30.2 Å². The van der Waals surface area contributed by atoms with E-state index in [9.17, 15) is 19.2 Å². The lowest BCUT2D eigenvalue weighted by molar-refractivity contribution is -0.125. The van der Waals surface area contributed by atoms with Gasteiger partial charge in [-0.15, -0.1) is 0 Å². The minimum atomic E-state index is -0.397. The highest BCUT2D eigenvalue weighted by atomic mass is 16.2. The van der Waals surface area contributed by atoms with Crippen molar-refractivity contribution in [2.45, 2.75) is 44.3 Å². The Balaban J connectivity index is 1.74. The Morgan fingerprint density at radius 2 is 1.91 bits per heavy atom. The minimum Gasteiger partial charge on any atom is -0.369 e. The van der Waals surface area contributed by atoms with Crippen molar-refractivity contribution in [1.29, 1.82) is 0 Å². The van der Waals surface area contributed by atoms with Crippen molar-refractivity contribution in [3.05, 3.63) is 64.7 Å². The van der Waals surface area contributed by atoms with Crippen molar-refractivity contribution in [3.8, 4) is 0 Å². The Morgan fingerprint density at radius 3 is 2.58 bits per heavy atom. The number of aldehydes is 1. The van der Waals surface area contributed by atoms with E-state index < -0.39 is 5.91 Å². The second-order valence-corrected chi connectivity index (χ2v) is 8.49. The van der Waals surface area contributed by atoms with Crippen LogP contribution >= 0.6 is 0 Å². The Labute approximate surface area is 193 Å². The quantitative estimate of drug-likeness (QED) is 0.566. The number of nitrogens with two attached hydrogens (primary N) is 1. The van der Waals surface area contributed by atoms with Gasteiger partial charge in [-0.3, -0.25) is 24.5 Å². The predicted octanol–water partition coefficient (Wildman–Crippen LogP) is 2.07. The first kappa shape index (κ1) is 24.1. The van der Waals surface area contributed by atoms with Gasteiger partial charge in [-0.05, 0) is 49.1 Å². The number of amides is 3. The number of carbonyl (C=O) groups is 4. The van der Waals surface area contributed by atoms with Gasteiger partial charge in [-0.1, -0.05) is 24.3 Å². The lowest BCUT2D eigenvalue weighted by Crippen LogP contribution is -2.39. The molecule has 2 aromatic rings. The molecular formula is C25H30N4O4. The van der Waals surface area contributed by atoms with E-state index in [1.54, 1.807) is 19.2 Å². The third-order valence-electron chi connectivity index (χ3n) is 6.55. The summed E-state index contributed by atoms with van der Waals surface area (Å²) in [6.07, 6.45) is 2.34. The number of nitrogens with zero attached hydrogens (tertiary/aromatic N) is 2. The number of hydrogen-bond donors (Lipinski definition) is 2. The zero-order valence-corrected chi connectivity index (χ0v) is 19.2. The van der Waals surface area contributed by atoms with Crippen LogP contribution in [-0.2, 0) is 16.0 Å². The van der Waals surface area contributed by atoms with Crippen molar-refractivity contribution >= 4 is 30.2 Å². The van der Waals surface area contributed by atoms with Crippen LogP contribution in [-0.4, -0.2) is 55.6 Å². The highest BCUT2D eigenvalue weighted by molar-refractivity contribution is 6.02. The standard InChI is InChI=1S/C25H30N4O4/c1-16(8-11-23(32)27-15-31)28(2)25(33)21-10-9-19(12-18(21)14-30)29(3)22-13-17-6-4-5-7-20(17)24(22)26/h4-7,9-10,12,14-16,22,24H,8,11,13,26H2,1-3H3,(H,27,31,32). The molecule has 3 unspecified atom stereocenters. The van der Waals surface area contributed by atoms with Gasteiger partial charge < -0.3 is 15.5 Å². The summed E-state index contributed by atoms with van der Waals surface area (Å²) >= 11 is 0. The van der Waals surface area contributed by atoms with Crippen LogP contribution in [0.4, 0.5) is 5.69 Å². The van der Waals surface area contributed by atoms with Gasteiger partial charge in [0, 0.05) is 37.8 Å². The van der Waals surface area contributed by atoms with E-state index in [1.165, 1.54) is 10.5 Å². The maximum atomic E-state index is 13.1. The molecule has 0 saturated carbocycles. The fraction of sp³-hybridized carbons (Fsp3) is 0.360. The SMILES string of the molecule is CC(CCC(=O)NC=O)N(C)C(=O)c1ccc(N(C)C2Cc3ccccc3C2N)cc1C=O. The predicted molar refractivity (Wildman–Crippen MR) is 126 cm³/mol. The summed E-state index contributed by atoms with van der Waals surface area (Å²) in [5, 5.41) is 2.08. The van der Waals surface area contributed by atoms with Crippen molar-refractivity contribution in [2.75, 3.05) is 19.0 Å². The first-order chi connectivity index (χ1) is 15.8. The lowest BCUT2D eigenvalue weighted by Gasteiger charge is -2.31. The molecule has 0 aliphatic heterocycles. The molecule has 0 saturated heterocycles. The second-order valence-electron chi connectivity index (χ2n) is 8.49. The Hall–Kier alpha value is -3.52. The fourth-order valence-electron chi connectivity index (χ4n) is 4.30. The normalized spacial score (nSPS) is 17.6. The number of imide groups is 1. The zero-order chi connectivity index (χ0) is 24.1. The van der Waals surface area contributed by atoms with Gasteiger partial charge in [0.2, 0.25) is 12.3 Å². The second kappa shape index (κ2) is 10.4. The number of rotatable bonds is 9. The third-order valence-corrected chi connectivity index (χ3v) is 6.55. The molecule has 0 spiro atoms. The summed E-state index contributed by atoms with van der Waals surface area (Å²) < 4.78 is 0. The van der Waals surface area contributed by atoms with Crippen LogP contribution in [0, 0.1) is 0 Å². The van der Waals surface area contributed by atoms with Gasteiger partial charge >= 0.3 is 0 Å². The molecular weight excluding hydrogens is 420 g/mol. The van der Waals surface area contributed by atoms with E-state index in [1.807, 2.05) is 38.2 Å². The average molecular weight is 451 g/mol. The molecule has 174 valence electrons. The summed E-state index contributed by atoms with van der Waals surface area (Å²) in [6.45, 7) is 1.81. The molecule has 0 bridgehead atoms. The summed E-state index contributed by atoms with van der Waals surface area (Å²) in [5.41, 5.74) is 10.3. The maximum absolute atomic E-state index is 13.1. The highest BCUT2D eigenvalue weighted by Gasteiger charge is 2.32. The van der Waals surface area contributed by atoms with Gasteiger partial charge in [-0.25, -0.2) is 0 Å². The highest BCUT2D eigenvalue weighted by Crippen LogP contribution is 2.34. The Morgan fingerprint density at radius 1 is 1.18 bits per heavy atom. The molecule has 33 heavy (non-hydrogen) atoms. The average Bonchev–Trinajstić information content (AvgIpc) is 3.17. The van der Waals surface area contributed by atoms with Crippen LogP contribution in [0.25, 0.3) is 0 Å². The van der Waals surface area contributed by atoms with E-state index in [2.05, 4.69) is 16.3 Å². The summed E-state index contributed by atoms with van der Waals surface area (Å²) in [6, 6.07) is 13.0. The monoisotopic (exact) mass is 450 g/mol. The number of hydrogen-bond acceptors (Lipinski definition) is 6.